The molecule has 4 nitrogen and oxygen atoms in total. The molecule has 0 bridgehead atoms. The molecular formula is C22H28N2O2. The summed E-state index contributed by atoms with van der Waals surface area (Å²) in [6.45, 7) is 6.30. The van der Waals surface area contributed by atoms with Crippen molar-refractivity contribution in [3.63, 3.8) is 0 Å². The molecule has 138 valence electrons. The van der Waals surface area contributed by atoms with Crippen LogP contribution in [0, 0.1) is 0 Å². The van der Waals surface area contributed by atoms with Crippen LogP contribution in [0.4, 0.5) is 0 Å². The molecule has 3 rings (SSSR count). The fraction of sp³-hybridized carbons (Fsp3) is 0.409. The van der Waals surface area contributed by atoms with E-state index in [0.717, 1.165) is 38.3 Å². The van der Waals surface area contributed by atoms with Crippen molar-refractivity contribution < 1.29 is 9.53 Å². The summed E-state index contributed by atoms with van der Waals surface area (Å²) >= 11 is 0. The summed E-state index contributed by atoms with van der Waals surface area (Å²) in [5, 5.41) is 0. The second-order valence-corrected chi connectivity index (χ2v) is 6.91. The third-order valence-electron chi connectivity index (χ3n) is 4.89. The number of carbonyl (C=O) groups excluding carboxylic acids is 1. The molecule has 1 heterocycles. The van der Waals surface area contributed by atoms with Gasteiger partial charge in [0.15, 0.2) is 0 Å². The van der Waals surface area contributed by atoms with Crippen LogP contribution in [0.2, 0.25) is 0 Å². The molecule has 0 spiro atoms. The number of para-hydroxylation sites is 1. The number of hydrogen-bond acceptors (Lipinski definition) is 3. The predicted molar refractivity (Wildman–Crippen MR) is 104 cm³/mol. The van der Waals surface area contributed by atoms with Crippen LogP contribution in [0.25, 0.3) is 0 Å². The Morgan fingerprint density at radius 3 is 2.42 bits per heavy atom. The van der Waals surface area contributed by atoms with E-state index >= 15 is 0 Å². The topological polar surface area (TPSA) is 32.8 Å². The molecule has 2 aromatic rings. The molecule has 1 aliphatic heterocycles. The first-order valence-electron chi connectivity index (χ1n) is 9.46. The van der Waals surface area contributed by atoms with Crippen molar-refractivity contribution in [2.45, 2.75) is 32.4 Å². The number of piperazine rings is 1. The van der Waals surface area contributed by atoms with E-state index in [1.54, 1.807) is 0 Å². The Morgan fingerprint density at radius 1 is 1.04 bits per heavy atom. The fourth-order valence-electron chi connectivity index (χ4n) is 3.36. The molecule has 1 saturated heterocycles. The van der Waals surface area contributed by atoms with Crippen LogP contribution >= 0.6 is 0 Å². The Balaban J connectivity index is 1.38. The maximum Gasteiger partial charge on any atom is 0.222 e. The molecule has 4 heteroatoms. The molecule has 0 saturated carbocycles. The highest BCUT2D eigenvalue weighted by Gasteiger charge is 2.26. The first-order valence-corrected chi connectivity index (χ1v) is 9.46. The van der Waals surface area contributed by atoms with Crippen LogP contribution in [-0.4, -0.2) is 48.0 Å². The molecule has 0 N–H and O–H groups in total. The number of amides is 1. The highest BCUT2D eigenvalue weighted by Crippen LogP contribution is 2.15. The van der Waals surface area contributed by atoms with Gasteiger partial charge in [-0.25, -0.2) is 0 Å². The van der Waals surface area contributed by atoms with Crippen LogP contribution in [-0.2, 0) is 11.3 Å². The minimum atomic E-state index is 0.243. The molecule has 1 amide bonds. The largest absolute Gasteiger partial charge is 0.494 e. The molecule has 0 aliphatic carbocycles. The van der Waals surface area contributed by atoms with Crippen molar-refractivity contribution in [1.29, 1.82) is 0 Å². The summed E-state index contributed by atoms with van der Waals surface area (Å²) in [7, 11) is 0. The first-order chi connectivity index (χ1) is 12.7. The van der Waals surface area contributed by atoms with Crippen molar-refractivity contribution in [2.75, 3.05) is 26.2 Å². The van der Waals surface area contributed by atoms with E-state index in [-0.39, 0.29) is 5.91 Å². The van der Waals surface area contributed by atoms with E-state index in [2.05, 4.69) is 36.1 Å². The summed E-state index contributed by atoms with van der Waals surface area (Å²) in [5.74, 6) is 1.11. The van der Waals surface area contributed by atoms with Crippen LogP contribution in [0.15, 0.2) is 60.7 Å². The van der Waals surface area contributed by atoms with Gasteiger partial charge in [-0.1, -0.05) is 48.5 Å². The Labute approximate surface area is 156 Å². The van der Waals surface area contributed by atoms with Crippen molar-refractivity contribution in [1.82, 2.24) is 9.80 Å². The lowest BCUT2D eigenvalue weighted by Gasteiger charge is -2.40. The lowest BCUT2D eigenvalue weighted by atomic mass is 10.1. The summed E-state index contributed by atoms with van der Waals surface area (Å²) < 4.78 is 5.67. The smallest absolute Gasteiger partial charge is 0.222 e. The van der Waals surface area contributed by atoms with Crippen molar-refractivity contribution in [3.8, 4) is 5.75 Å². The normalized spacial score (nSPS) is 17.9. The standard InChI is InChI=1S/C22H28N2O2/c1-19-17-24(15-14-23(19)18-20-9-4-2-5-10-20)22(25)13-8-16-26-21-11-6-3-7-12-21/h2-7,9-12,19H,8,13-18H2,1H3. The van der Waals surface area contributed by atoms with Gasteiger partial charge >= 0.3 is 0 Å². The number of benzene rings is 2. The zero-order valence-electron chi connectivity index (χ0n) is 15.5. The van der Waals surface area contributed by atoms with Gasteiger partial charge < -0.3 is 9.64 Å². The van der Waals surface area contributed by atoms with Gasteiger partial charge in [0.25, 0.3) is 0 Å². The van der Waals surface area contributed by atoms with Gasteiger partial charge in [-0.2, -0.15) is 0 Å². The average Bonchev–Trinajstić information content (AvgIpc) is 2.68. The quantitative estimate of drug-likeness (QED) is 0.714. The van der Waals surface area contributed by atoms with Gasteiger partial charge in [0.2, 0.25) is 5.91 Å². The zero-order chi connectivity index (χ0) is 18.2. The molecule has 26 heavy (non-hydrogen) atoms. The van der Waals surface area contributed by atoms with E-state index in [0.29, 0.717) is 19.1 Å². The average molecular weight is 352 g/mol. The van der Waals surface area contributed by atoms with Crippen LogP contribution in [0.5, 0.6) is 5.75 Å². The van der Waals surface area contributed by atoms with Crippen molar-refractivity contribution >= 4 is 5.91 Å². The summed E-state index contributed by atoms with van der Waals surface area (Å²) in [5.41, 5.74) is 1.33. The fourth-order valence-corrected chi connectivity index (χ4v) is 3.36. The zero-order valence-corrected chi connectivity index (χ0v) is 15.5. The monoisotopic (exact) mass is 352 g/mol. The number of carbonyl (C=O) groups is 1. The maximum absolute atomic E-state index is 12.5. The first kappa shape index (κ1) is 18.5. The van der Waals surface area contributed by atoms with E-state index in [9.17, 15) is 4.79 Å². The lowest BCUT2D eigenvalue weighted by Crippen LogP contribution is -2.53. The number of hydrogen-bond donors (Lipinski definition) is 0. The van der Waals surface area contributed by atoms with E-state index in [4.69, 9.17) is 4.74 Å². The highest BCUT2D eigenvalue weighted by molar-refractivity contribution is 5.76. The predicted octanol–water partition coefficient (Wildman–Crippen LogP) is 3.58. The summed E-state index contributed by atoms with van der Waals surface area (Å²) in [6.07, 6.45) is 1.31. The van der Waals surface area contributed by atoms with Crippen LogP contribution in [0.1, 0.15) is 25.3 Å². The third kappa shape index (κ3) is 5.33. The maximum atomic E-state index is 12.5. The highest BCUT2D eigenvalue weighted by atomic mass is 16.5. The molecule has 1 fully saturated rings. The van der Waals surface area contributed by atoms with E-state index in [1.165, 1.54) is 5.56 Å². The van der Waals surface area contributed by atoms with Gasteiger partial charge in [0.1, 0.15) is 5.75 Å². The Morgan fingerprint density at radius 2 is 1.73 bits per heavy atom. The van der Waals surface area contributed by atoms with Gasteiger partial charge in [-0.15, -0.1) is 0 Å². The molecule has 0 radical (unpaired) electrons. The summed E-state index contributed by atoms with van der Waals surface area (Å²) in [4.78, 5) is 16.9. The molecular weight excluding hydrogens is 324 g/mol. The second-order valence-electron chi connectivity index (χ2n) is 6.91. The number of nitrogens with zero attached hydrogens (tertiary/aromatic N) is 2. The number of rotatable bonds is 7. The van der Waals surface area contributed by atoms with E-state index in [1.807, 2.05) is 41.3 Å². The molecule has 1 unspecified atom stereocenters. The van der Waals surface area contributed by atoms with Crippen molar-refractivity contribution in [2.24, 2.45) is 0 Å². The molecule has 0 aromatic heterocycles. The Bertz CT molecular complexity index is 675. The molecule has 2 aromatic carbocycles. The minimum absolute atomic E-state index is 0.243. The number of ether oxygens (including phenoxy) is 1. The lowest BCUT2D eigenvalue weighted by molar-refractivity contribution is -0.134. The molecule has 1 aliphatic rings. The van der Waals surface area contributed by atoms with E-state index < -0.39 is 0 Å². The van der Waals surface area contributed by atoms with Gasteiger partial charge in [0, 0.05) is 38.6 Å². The van der Waals surface area contributed by atoms with Crippen LogP contribution < -0.4 is 4.74 Å². The van der Waals surface area contributed by atoms with Gasteiger partial charge in [0.05, 0.1) is 6.61 Å². The van der Waals surface area contributed by atoms with Gasteiger partial charge in [-0.05, 0) is 31.0 Å². The van der Waals surface area contributed by atoms with Gasteiger partial charge in [-0.3, -0.25) is 9.69 Å². The SMILES string of the molecule is CC1CN(C(=O)CCCOc2ccccc2)CCN1Cc1ccccc1. The molecule has 1 atom stereocenters. The Kier molecular flexibility index (Phi) is 6.67. The van der Waals surface area contributed by atoms with Crippen LogP contribution in [0.3, 0.4) is 0 Å². The Hall–Kier alpha value is -2.33. The van der Waals surface area contributed by atoms with Crippen molar-refractivity contribution in [3.05, 3.63) is 66.2 Å². The minimum Gasteiger partial charge on any atom is -0.494 e. The third-order valence-corrected chi connectivity index (χ3v) is 4.89. The second kappa shape index (κ2) is 9.39. The summed E-state index contributed by atoms with van der Waals surface area (Å²) in [6, 6.07) is 20.7.